The van der Waals surface area contributed by atoms with E-state index >= 15 is 0 Å². The largest absolute Gasteiger partial charge is 0.491 e. The number of rotatable bonds is 15. The van der Waals surface area contributed by atoms with Crippen LogP contribution >= 0.6 is 0 Å². The molecule has 2 aliphatic rings. The molecule has 6 nitrogen and oxygen atoms in total. The molecule has 4 rings (SSSR count). The molecule has 2 aliphatic heterocycles. The third-order valence-electron chi connectivity index (χ3n) is 6.25. The monoisotopic (exact) mass is 442 g/mol. The summed E-state index contributed by atoms with van der Waals surface area (Å²) in [5.74, 6) is 1.65. The van der Waals surface area contributed by atoms with Crippen molar-refractivity contribution < 1.29 is 29.2 Å². The summed E-state index contributed by atoms with van der Waals surface area (Å²) in [4.78, 5) is 0. The molecule has 2 fully saturated rings. The van der Waals surface area contributed by atoms with Crippen LogP contribution in [-0.2, 0) is 14.9 Å². The summed E-state index contributed by atoms with van der Waals surface area (Å²) in [6, 6.07) is 16.7. The molecule has 0 aliphatic carbocycles. The molecule has 2 N–H and O–H groups in total. The van der Waals surface area contributed by atoms with Gasteiger partial charge in [0, 0.05) is 18.6 Å². The molecular formula is C26H34O6. The highest BCUT2D eigenvalue weighted by atomic mass is 16.8. The number of ether oxygens (including phenoxy) is 4. The second-order valence-electron chi connectivity index (χ2n) is 8.64. The fourth-order valence-electron chi connectivity index (χ4n) is 4.28. The van der Waals surface area contributed by atoms with Crippen LogP contribution in [0.5, 0.6) is 11.5 Å². The fourth-order valence-corrected chi connectivity index (χ4v) is 4.28. The number of aliphatic hydroxyl groups excluding tert-OH is 2. The molecule has 0 aromatic heterocycles. The van der Waals surface area contributed by atoms with Crippen molar-refractivity contribution in [3.8, 4) is 11.5 Å². The average molecular weight is 443 g/mol. The van der Waals surface area contributed by atoms with Crippen LogP contribution in [0.25, 0.3) is 0 Å². The van der Waals surface area contributed by atoms with E-state index in [4.69, 9.17) is 18.9 Å². The number of aliphatic hydroxyl groups is 2. The first-order valence-electron chi connectivity index (χ1n) is 11.7. The number of unbranched alkanes of at least 4 members (excludes halogenated alkanes) is 2. The number of hydrogen-bond acceptors (Lipinski definition) is 6. The van der Waals surface area contributed by atoms with Gasteiger partial charge in [0.1, 0.15) is 30.8 Å². The first-order valence-corrected chi connectivity index (χ1v) is 11.7. The third kappa shape index (κ3) is 6.23. The lowest BCUT2D eigenvalue weighted by molar-refractivity contribution is 0.179. The minimum absolute atomic E-state index is 0.117. The number of benzene rings is 2. The SMILES string of the molecule is OCCCCC(CCCCO)(c1ccc(OCC2CO2)cc1)c1ccc(OC2CO2)cc1. The molecule has 2 aromatic carbocycles. The lowest BCUT2D eigenvalue weighted by Gasteiger charge is -2.36. The Kier molecular flexibility index (Phi) is 8.03. The molecule has 6 heteroatoms. The van der Waals surface area contributed by atoms with Crippen molar-refractivity contribution in [3.05, 3.63) is 59.7 Å². The van der Waals surface area contributed by atoms with Gasteiger partial charge in [-0.2, -0.15) is 0 Å². The number of hydrogen-bond donors (Lipinski definition) is 2. The van der Waals surface area contributed by atoms with Crippen molar-refractivity contribution in [1.29, 1.82) is 0 Å². The molecule has 2 aromatic rings. The second kappa shape index (κ2) is 11.1. The summed E-state index contributed by atoms with van der Waals surface area (Å²) in [7, 11) is 0. The number of epoxide rings is 2. The van der Waals surface area contributed by atoms with E-state index in [2.05, 4.69) is 24.3 Å². The molecule has 32 heavy (non-hydrogen) atoms. The molecule has 2 heterocycles. The lowest BCUT2D eigenvalue weighted by atomic mass is 9.68. The predicted octanol–water partition coefficient (Wildman–Crippen LogP) is 3.81. The van der Waals surface area contributed by atoms with Gasteiger partial charge >= 0.3 is 0 Å². The van der Waals surface area contributed by atoms with Crippen LogP contribution in [0.2, 0.25) is 0 Å². The molecule has 0 amide bonds. The van der Waals surface area contributed by atoms with Crippen LogP contribution < -0.4 is 9.47 Å². The Labute approximate surface area is 190 Å². The molecule has 174 valence electrons. The summed E-state index contributed by atoms with van der Waals surface area (Å²) >= 11 is 0. The first-order chi connectivity index (χ1) is 15.7. The normalized spacial score (nSPS) is 19.6. The van der Waals surface area contributed by atoms with E-state index in [0.717, 1.165) is 56.6 Å². The van der Waals surface area contributed by atoms with E-state index in [1.165, 1.54) is 11.1 Å². The third-order valence-corrected chi connectivity index (χ3v) is 6.25. The quantitative estimate of drug-likeness (QED) is 0.322. The molecule has 2 saturated heterocycles. The van der Waals surface area contributed by atoms with Crippen molar-refractivity contribution in [3.63, 3.8) is 0 Å². The van der Waals surface area contributed by atoms with Crippen molar-refractivity contribution >= 4 is 0 Å². The highest BCUT2D eigenvalue weighted by Crippen LogP contribution is 2.43. The summed E-state index contributed by atoms with van der Waals surface area (Å²) in [5.41, 5.74) is 2.23. The van der Waals surface area contributed by atoms with Crippen molar-refractivity contribution in [2.45, 2.75) is 56.3 Å². The van der Waals surface area contributed by atoms with E-state index < -0.39 is 0 Å². The van der Waals surface area contributed by atoms with Gasteiger partial charge in [0.2, 0.25) is 6.29 Å². The zero-order valence-corrected chi connectivity index (χ0v) is 18.6. The molecule has 0 radical (unpaired) electrons. The molecule has 2 atom stereocenters. The van der Waals surface area contributed by atoms with Crippen molar-refractivity contribution in [2.75, 3.05) is 33.0 Å². The minimum Gasteiger partial charge on any atom is -0.491 e. The van der Waals surface area contributed by atoms with E-state index in [9.17, 15) is 10.2 Å². The van der Waals surface area contributed by atoms with Gasteiger partial charge in [0.25, 0.3) is 0 Å². The highest BCUT2D eigenvalue weighted by molar-refractivity contribution is 5.43. The van der Waals surface area contributed by atoms with Crippen molar-refractivity contribution in [1.82, 2.24) is 0 Å². The Morgan fingerprint density at radius 1 is 0.750 bits per heavy atom. The molecule has 0 bridgehead atoms. The van der Waals surface area contributed by atoms with Gasteiger partial charge in [-0.25, -0.2) is 0 Å². The van der Waals surface area contributed by atoms with Gasteiger partial charge in [-0.1, -0.05) is 24.3 Å². The summed E-state index contributed by atoms with van der Waals surface area (Å²) in [6.07, 6.45) is 5.32. The predicted molar refractivity (Wildman–Crippen MR) is 121 cm³/mol. The Balaban J connectivity index is 1.60. The van der Waals surface area contributed by atoms with Gasteiger partial charge in [0.15, 0.2) is 0 Å². The first kappa shape index (κ1) is 23.1. The Morgan fingerprint density at radius 2 is 1.28 bits per heavy atom. The van der Waals surface area contributed by atoms with Gasteiger partial charge in [0.05, 0.1) is 6.61 Å². The Morgan fingerprint density at radius 3 is 1.75 bits per heavy atom. The lowest BCUT2D eigenvalue weighted by Crippen LogP contribution is -2.28. The van der Waals surface area contributed by atoms with Crippen LogP contribution in [0.3, 0.4) is 0 Å². The van der Waals surface area contributed by atoms with Gasteiger partial charge in [-0.15, -0.1) is 0 Å². The Bertz CT molecular complexity index is 801. The second-order valence-corrected chi connectivity index (χ2v) is 8.64. The van der Waals surface area contributed by atoms with Crippen LogP contribution in [-0.4, -0.2) is 55.6 Å². The van der Waals surface area contributed by atoms with E-state index in [-0.39, 0.29) is 31.0 Å². The zero-order valence-electron chi connectivity index (χ0n) is 18.6. The molecule has 0 saturated carbocycles. The van der Waals surface area contributed by atoms with Crippen molar-refractivity contribution in [2.24, 2.45) is 0 Å². The van der Waals surface area contributed by atoms with Gasteiger partial charge < -0.3 is 29.2 Å². The topological polar surface area (TPSA) is 84.0 Å². The van der Waals surface area contributed by atoms with Crippen LogP contribution in [0.1, 0.15) is 49.7 Å². The van der Waals surface area contributed by atoms with E-state index in [0.29, 0.717) is 13.2 Å². The van der Waals surface area contributed by atoms with Crippen LogP contribution in [0, 0.1) is 0 Å². The maximum atomic E-state index is 9.40. The summed E-state index contributed by atoms with van der Waals surface area (Å²) in [5, 5.41) is 18.8. The van der Waals surface area contributed by atoms with E-state index in [1.807, 2.05) is 24.3 Å². The summed E-state index contributed by atoms with van der Waals surface area (Å²) < 4.78 is 22.0. The smallest absolute Gasteiger partial charge is 0.223 e. The minimum atomic E-state index is -0.211. The molecular weight excluding hydrogens is 408 g/mol. The molecule has 0 spiro atoms. The van der Waals surface area contributed by atoms with Crippen LogP contribution in [0.15, 0.2) is 48.5 Å². The maximum Gasteiger partial charge on any atom is 0.223 e. The zero-order chi connectivity index (χ0) is 22.2. The van der Waals surface area contributed by atoms with E-state index in [1.54, 1.807) is 0 Å². The maximum absolute atomic E-state index is 9.40. The van der Waals surface area contributed by atoms with Gasteiger partial charge in [-0.05, 0) is 73.9 Å². The summed E-state index contributed by atoms with van der Waals surface area (Å²) in [6.45, 7) is 2.40. The van der Waals surface area contributed by atoms with Gasteiger partial charge in [-0.3, -0.25) is 0 Å². The fraction of sp³-hybridized carbons (Fsp3) is 0.538. The average Bonchev–Trinajstić information content (AvgIpc) is 3.74. The molecule has 2 unspecified atom stereocenters. The van der Waals surface area contributed by atoms with Crippen LogP contribution in [0.4, 0.5) is 0 Å². The standard InChI is InChI=1S/C26H34O6/c27-15-3-1-13-26(14-2-4-16-28,21-7-11-23(12-8-21)32-25-19-31-25)20-5-9-22(10-6-20)29-17-24-18-30-24/h5-12,24-25,27-28H,1-4,13-19H2. The highest BCUT2D eigenvalue weighted by Gasteiger charge is 2.34. The Hall–Kier alpha value is -2.12.